The first-order valence-corrected chi connectivity index (χ1v) is 7.33. The second kappa shape index (κ2) is 6.14. The maximum atomic E-state index is 12.2. The zero-order chi connectivity index (χ0) is 16.4. The Morgan fingerprint density at radius 1 is 1.17 bits per heavy atom. The lowest BCUT2D eigenvalue weighted by Crippen LogP contribution is -2.12. The summed E-state index contributed by atoms with van der Waals surface area (Å²) < 4.78 is 0. The standard InChI is InChI=1S/C17H14ClN3O2/c1-10-2-4-11(5-3-10)15-9-16(21-20-15)19-17(23)13-8-12(22)6-7-14(13)18/h2-9,22H,1H3,(H2,19,20,21,23). The minimum absolute atomic E-state index is 0.0260. The predicted molar refractivity (Wildman–Crippen MR) is 89.8 cm³/mol. The summed E-state index contributed by atoms with van der Waals surface area (Å²) >= 11 is 5.97. The van der Waals surface area contributed by atoms with Crippen molar-refractivity contribution in [2.75, 3.05) is 5.32 Å². The van der Waals surface area contributed by atoms with Crippen molar-refractivity contribution >= 4 is 23.3 Å². The first-order chi connectivity index (χ1) is 11.0. The molecule has 0 aliphatic rings. The Bertz CT molecular complexity index is 857. The Morgan fingerprint density at radius 3 is 2.65 bits per heavy atom. The van der Waals surface area contributed by atoms with Gasteiger partial charge in [0, 0.05) is 6.07 Å². The van der Waals surface area contributed by atoms with Gasteiger partial charge < -0.3 is 10.4 Å². The number of rotatable bonds is 3. The number of hydrogen-bond donors (Lipinski definition) is 3. The fourth-order valence-electron chi connectivity index (χ4n) is 2.14. The van der Waals surface area contributed by atoms with Crippen molar-refractivity contribution in [2.24, 2.45) is 0 Å². The lowest BCUT2D eigenvalue weighted by atomic mass is 10.1. The topological polar surface area (TPSA) is 78.0 Å². The van der Waals surface area contributed by atoms with Gasteiger partial charge in [-0.05, 0) is 30.7 Å². The van der Waals surface area contributed by atoms with Crippen molar-refractivity contribution in [3.63, 3.8) is 0 Å². The zero-order valence-electron chi connectivity index (χ0n) is 12.3. The molecule has 0 fully saturated rings. The Hall–Kier alpha value is -2.79. The van der Waals surface area contributed by atoms with Gasteiger partial charge in [0.2, 0.25) is 0 Å². The lowest BCUT2D eigenvalue weighted by Gasteiger charge is -2.04. The molecule has 1 heterocycles. The van der Waals surface area contributed by atoms with Crippen LogP contribution < -0.4 is 5.32 Å². The van der Waals surface area contributed by atoms with Crippen LogP contribution in [0.15, 0.2) is 48.5 Å². The highest BCUT2D eigenvalue weighted by molar-refractivity contribution is 6.34. The monoisotopic (exact) mass is 327 g/mol. The molecule has 6 heteroatoms. The molecular formula is C17H14ClN3O2. The van der Waals surface area contributed by atoms with Crippen LogP contribution in [0.5, 0.6) is 5.75 Å². The van der Waals surface area contributed by atoms with Crippen molar-refractivity contribution < 1.29 is 9.90 Å². The number of aromatic hydroxyl groups is 1. The van der Waals surface area contributed by atoms with Crippen LogP contribution in [0.2, 0.25) is 5.02 Å². The number of carbonyl (C=O) groups excluding carboxylic acids is 1. The van der Waals surface area contributed by atoms with E-state index in [1.807, 2.05) is 31.2 Å². The number of benzene rings is 2. The first-order valence-electron chi connectivity index (χ1n) is 6.95. The summed E-state index contributed by atoms with van der Waals surface area (Å²) in [5.41, 5.74) is 3.12. The number of nitrogens with zero attached hydrogens (tertiary/aromatic N) is 1. The molecule has 0 radical (unpaired) electrons. The molecule has 0 unspecified atom stereocenters. The van der Waals surface area contributed by atoms with E-state index in [1.54, 1.807) is 6.07 Å². The zero-order valence-corrected chi connectivity index (χ0v) is 13.1. The fraction of sp³-hybridized carbons (Fsp3) is 0.0588. The highest BCUT2D eigenvalue weighted by atomic mass is 35.5. The molecule has 3 N–H and O–H groups in total. The van der Waals surface area contributed by atoms with E-state index in [9.17, 15) is 9.90 Å². The number of carbonyl (C=O) groups is 1. The third kappa shape index (κ3) is 3.35. The number of halogens is 1. The third-order valence-corrected chi connectivity index (χ3v) is 3.71. The molecule has 23 heavy (non-hydrogen) atoms. The number of phenolic OH excluding ortho intramolecular Hbond substituents is 1. The van der Waals surface area contributed by atoms with Crippen molar-refractivity contribution in [3.8, 4) is 17.0 Å². The SMILES string of the molecule is Cc1ccc(-c2cc(NC(=O)c3cc(O)ccc3Cl)n[nH]2)cc1. The molecule has 0 spiro atoms. The Kier molecular flexibility index (Phi) is 4.04. The van der Waals surface area contributed by atoms with Crippen LogP contribution in [-0.4, -0.2) is 21.2 Å². The summed E-state index contributed by atoms with van der Waals surface area (Å²) in [6.45, 7) is 2.02. The van der Waals surface area contributed by atoms with E-state index < -0.39 is 5.91 Å². The van der Waals surface area contributed by atoms with Gasteiger partial charge >= 0.3 is 0 Å². The van der Waals surface area contributed by atoms with Crippen LogP contribution in [0.25, 0.3) is 11.3 Å². The Labute approximate surface area is 137 Å². The second-order valence-electron chi connectivity index (χ2n) is 5.15. The van der Waals surface area contributed by atoms with Gasteiger partial charge in [0.15, 0.2) is 5.82 Å². The molecule has 3 rings (SSSR count). The molecule has 0 atom stereocenters. The summed E-state index contributed by atoms with van der Waals surface area (Å²) in [6, 6.07) is 13.9. The van der Waals surface area contributed by atoms with E-state index >= 15 is 0 Å². The number of hydrogen-bond acceptors (Lipinski definition) is 3. The minimum Gasteiger partial charge on any atom is -0.508 e. The van der Waals surface area contributed by atoms with Crippen molar-refractivity contribution in [2.45, 2.75) is 6.92 Å². The van der Waals surface area contributed by atoms with E-state index in [4.69, 9.17) is 11.6 Å². The summed E-state index contributed by atoms with van der Waals surface area (Å²) in [5, 5.41) is 19.3. The van der Waals surface area contributed by atoms with Crippen molar-refractivity contribution in [1.29, 1.82) is 0 Å². The van der Waals surface area contributed by atoms with E-state index in [2.05, 4.69) is 15.5 Å². The van der Waals surface area contributed by atoms with Crippen LogP contribution in [0.1, 0.15) is 15.9 Å². The number of aromatic nitrogens is 2. The van der Waals surface area contributed by atoms with Crippen LogP contribution in [0.4, 0.5) is 5.82 Å². The molecule has 1 amide bonds. The van der Waals surface area contributed by atoms with Crippen molar-refractivity contribution in [1.82, 2.24) is 10.2 Å². The van der Waals surface area contributed by atoms with Crippen LogP contribution in [0, 0.1) is 6.92 Å². The van der Waals surface area contributed by atoms with Gasteiger partial charge in [-0.3, -0.25) is 9.89 Å². The number of phenols is 1. The highest BCUT2D eigenvalue weighted by Crippen LogP contribution is 2.23. The number of anilines is 1. The summed E-state index contributed by atoms with van der Waals surface area (Å²) in [6.07, 6.45) is 0. The van der Waals surface area contributed by atoms with E-state index in [0.717, 1.165) is 11.3 Å². The van der Waals surface area contributed by atoms with E-state index in [1.165, 1.54) is 23.8 Å². The molecule has 116 valence electrons. The average molecular weight is 328 g/mol. The summed E-state index contributed by atoms with van der Waals surface area (Å²) in [7, 11) is 0. The molecule has 0 aliphatic heterocycles. The second-order valence-corrected chi connectivity index (χ2v) is 5.56. The van der Waals surface area contributed by atoms with Gasteiger partial charge in [-0.2, -0.15) is 5.10 Å². The summed E-state index contributed by atoms with van der Waals surface area (Å²) in [4.78, 5) is 12.2. The number of nitrogens with one attached hydrogen (secondary N) is 2. The summed E-state index contributed by atoms with van der Waals surface area (Å²) in [5.74, 6) is -0.0836. The predicted octanol–water partition coefficient (Wildman–Crippen LogP) is 4.00. The fourth-order valence-corrected chi connectivity index (χ4v) is 2.34. The molecule has 0 saturated heterocycles. The quantitative estimate of drug-likeness (QED) is 0.680. The molecule has 0 bridgehead atoms. The lowest BCUT2D eigenvalue weighted by molar-refractivity contribution is 0.102. The van der Waals surface area contributed by atoms with E-state index in [0.29, 0.717) is 5.82 Å². The highest BCUT2D eigenvalue weighted by Gasteiger charge is 2.13. The van der Waals surface area contributed by atoms with Gasteiger partial charge in [-0.1, -0.05) is 41.4 Å². The number of amides is 1. The van der Waals surface area contributed by atoms with Gasteiger partial charge in [0.05, 0.1) is 16.3 Å². The van der Waals surface area contributed by atoms with Gasteiger partial charge in [0.1, 0.15) is 5.75 Å². The number of aromatic amines is 1. The van der Waals surface area contributed by atoms with Crippen molar-refractivity contribution in [3.05, 3.63) is 64.7 Å². The van der Waals surface area contributed by atoms with E-state index in [-0.39, 0.29) is 16.3 Å². The smallest absolute Gasteiger partial charge is 0.258 e. The van der Waals surface area contributed by atoms with Gasteiger partial charge in [-0.15, -0.1) is 0 Å². The molecular weight excluding hydrogens is 314 g/mol. The number of H-pyrrole nitrogens is 1. The molecule has 1 aromatic heterocycles. The molecule has 2 aromatic carbocycles. The van der Waals surface area contributed by atoms with Crippen LogP contribution >= 0.6 is 11.6 Å². The molecule has 3 aromatic rings. The van der Waals surface area contributed by atoms with Gasteiger partial charge in [-0.25, -0.2) is 0 Å². The Balaban J connectivity index is 1.80. The largest absolute Gasteiger partial charge is 0.508 e. The normalized spacial score (nSPS) is 10.5. The maximum Gasteiger partial charge on any atom is 0.258 e. The molecule has 0 saturated carbocycles. The number of aryl methyl sites for hydroxylation is 1. The molecule has 5 nitrogen and oxygen atoms in total. The third-order valence-electron chi connectivity index (χ3n) is 3.38. The first kappa shape index (κ1) is 15.1. The van der Waals surface area contributed by atoms with Crippen LogP contribution in [0.3, 0.4) is 0 Å². The van der Waals surface area contributed by atoms with Gasteiger partial charge in [0.25, 0.3) is 5.91 Å². The Morgan fingerprint density at radius 2 is 1.91 bits per heavy atom. The van der Waals surface area contributed by atoms with Crippen LogP contribution in [-0.2, 0) is 0 Å². The molecule has 0 aliphatic carbocycles. The average Bonchev–Trinajstić information content (AvgIpc) is 2.99. The minimum atomic E-state index is -0.437. The maximum absolute atomic E-state index is 12.2.